The van der Waals surface area contributed by atoms with Gasteiger partial charge in [0, 0.05) is 27.7 Å². The van der Waals surface area contributed by atoms with E-state index in [0.717, 1.165) is 36.4 Å². The predicted octanol–water partition coefficient (Wildman–Crippen LogP) is -2.49. The first-order valence-electron chi connectivity index (χ1n) is 16.1. The molecule has 24 nitrogen and oxygen atoms in total. The SMILES string of the molecule is Nc1cc(S(=O)(=O)O)cc2cc(S(=O)(=O)O)c(O)c(N=Nc3ccccc3C(=O)O)c12.Nc1cc(S(=O)(=O)O)cc2cc(S(=O)(=O)O)c([O-])c(N=Nc3ccccc3C(=O)[O-])c12.[Na+].[Na+]. The van der Waals surface area contributed by atoms with Crippen molar-refractivity contribution in [2.45, 2.75) is 19.6 Å². The van der Waals surface area contributed by atoms with Crippen molar-refractivity contribution in [3.8, 4) is 11.5 Å². The van der Waals surface area contributed by atoms with Crippen LogP contribution in [0.3, 0.4) is 0 Å². The van der Waals surface area contributed by atoms with Crippen LogP contribution in [0.25, 0.3) is 21.5 Å². The number of hydrogen-bond acceptors (Lipinski definition) is 19. The van der Waals surface area contributed by atoms with Gasteiger partial charge in [0.05, 0.1) is 37.6 Å². The van der Waals surface area contributed by atoms with Crippen LogP contribution in [0.1, 0.15) is 20.7 Å². The van der Waals surface area contributed by atoms with Crippen molar-refractivity contribution in [3.05, 3.63) is 96.1 Å². The number of nitrogen functional groups attached to an aromatic ring is 2. The molecule has 10 N–H and O–H groups in total. The molecule has 0 aliphatic carbocycles. The number of benzene rings is 6. The summed E-state index contributed by atoms with van der Waals surface area (Å²) in [5.74, 6) is -5.30. The summed E-state index contributed by atoms with van der Waals surface area (Å²) in [6.45, 7) is 0. The number of nitrogens with zero attached hydrogens (tertiary/aromatic N) is 4. The molecule has 0 amide bonds. The van der Waals surface area contributed by atoms with Crippen molar-refractivity contribution in [2.24, 2.45) is 20.5 Å². The molecule has 0 saturated carbocycles. The van der Waals surface area contributed by atoms with Gasteiger partial charge in [-0.25, -0.2) is 4.79 Å². The van der Waals surface area contributed by atoms with Crippen molar-refractivity contribution in [1.29, 1.82) is 0 Å². The second-order valence-electron chi connectivity index (χ2n) is 12.3. The molecular weight excluding hydrogens is 955 g/mol. The van der Waals surface area contributed by atoms with Gasteiger partial charge in [-0.05, 0) is 65.4 Å². The molecule has 0 saturated heterocycles. The number of nitrogens with two attached hydrogens (primary N) is 2. The zero-order valence-electron chi connectivity index (χ0n) is 32.2. The van der Waals surface area contributed by atoms with Gasteiger partial charge in [0.1, 0.15) is 16.3 Å². The number of azo groups is 2. The molecule has 6 aromatic carbocycles. The van der Waals surface area contributed by atoms with Crippen LogP contribution in [-0.4, -0.2) is 74.0 Å². The standard InChI is InChI=1S/2C17H13N3O9S2.2Na/c2*18-11-7-9(30(24,25)26)5-8-6-13(31(27,28)29)16(21)15(14(8)11)20-19-12-4-2-1-3-10(12)17(22)23;;/h2*1-7,21H,18H2,(H,22,23)(H,24,25,26)(H,27,28,29);;/q;;2*+1/p-2. The molecule has 64 heavy (non-hydrogen) atoms. The van der Waals surface area contributed by atoms with E-state index in [1.807, 2.05) is 0 Å². The Kier molecular flexibility index (Phi) is 16.5. The number of fused-ring (bicyclic) bond motifs is 2. The Morgan fingerprint density at radius 2 is 0.938 bits per heavy atom. The first-order chi connectivity index (χ1) is 28.6. The van der Waals surface area contributed by atoms with E-state index >= 15 is 0 Å². The van der Waals surface area contributed by atoms with Gasteiger partial charge < -0.3 is 36.7 Å². The second-order valence-corrected chi connectivity index (χ2v) is 17.9. The third kappa shape index (κ3) is 11.7. The summed E-state index contributed by atoms with van der Waals surface area (Å²) in [4.78, 5) is 18.9. The normalized spacial score (nSPS) is 12.1. The number of phenolic OH excluding ortho intramolecular Hbond substituents is 1. The van der Waals surface area contributed by atoms with Gasteiger partial charge in [0.25, 0.3) is 40.5 Å². The summed E-state index contributed by atoms with van der Waals surface area (Å²) in [7, 11) is -19.6. The summed E-state index contributed by atoms with van der Waals surface area (Å²) >= 11 is 0. The molecule has 30 heteroatoms. The van der Waals surface area contributed by atoms with Gasteiger partial charge in [-0.15, -0.1) is 15.3 Å². The zero-order valence-corrected chi connectivity index (χ0v) is 39.5. The van der Waals surface area contributed by atoms with E-state index < -0.39 is 94.9 Å². The fourth-order valence-electron chi connectivity index (χ4n) is 5.54. The topological polar surface area (TPSA) is 440 Å². The molecule has 0 spiro atoms. The Labute approximate surface area is 404 Å². The van der Waals surface area contributed by atoms with Gasteiger partial charge in [-0.2, -0.15) is 38.8 Å². The number of aromatic carboxylic acids is 2. The van der Waals surface area contributed by atoms with Crippen molar-refractivity contribution >= 4 is 108 Å². The Bertz CT molecular complexity index is 3200. The minimum absolute atomic E-state index is 0. The smallest absolute Gasteiger partial charge is 0.870 e. The maximum Gasteiger partial charge on any atom is 1.00 e. The molecule has 0 fully saturated rings. The molecule has 0 aliphatic heterocycles. The summed E-state index contributed by atoms with van der Waals surface area (Å²) in [5.41, 5.74) is 8.62. The molecule has 0 unspecified atom stereocenters. The molecule has 6 aromatic rings. The van der Waals surface area contributed by atoms with E-state index in [0.29, 0.717) is 6.07 Å². The Hall–Kier alpha value is -5.18. The predicted molar refractivity (Wildman–Crippen MR) is 210 cm³/mol. The fraction of sp³-hybridized carbons (Fsp3) is 0. The molecule has 0 radical (unpaired) electrons. The van der Waals surface area contributed by atoms with Crippen LogP contribution in [0, 0.1) is 0 Å². The van der Waals surface area contributed by atoms with Crippen LogP contribution < -0.4 is 80.8 Å². The van der Waals surface area contributed by atoms with Crippen molar-refractivity contribution in [1.82, 2.24) is 0 Å². The van der Waals surface area contributed by atoms with Gasteiger partial charge in [0.2, 0.25) is 0 Å². The second kappa shape index (κ2) is 19.9. The van der Waals surface area contributed by atoms with E-state index in [-0.39, 0.29) is 115 Å². The Morgan fingerprint density at radius 3 is 1.36 bits per heavy atom. The number of carboxylic acids is 2. The number of aromatic hydroxyl groups is 1. The summed E-state index contributed by atoms with van der Waals surface area (Å²) in [6, 6.07) is 15.3. The molecule has 0 bridgehead atoms. The quantitative estimate of drug-likeness (QED) is 0.0305. The van der Waals surface area contributed by atoms with Crippen LogP contribution in [0.4, 0.5) is 34.1 Å². The number of rotatable bonds is 10. The Balaban J connectivity index is 0.000000330. The first kappa shape index (κ1) is 53.2. The Morgan fingerprint density at radius 1 is 0.547 bits per heavy atom. The average molecular weight is 979 g/mol. The number of carboxylic acid groups (broad SMARTS) is 2. The maximum absolute atomic E-state index is 12.7. The van der Waals surface area contributed by atoms with E-state index in [2.05, 4.69) is 20.5 Å². The van der Waals surface area contributed by atoms with Crippen molar-refractivity contribution in [2.75, 3.05) is 11.5 Å². The zero-order chi connectivity index (χ0) is 46.3. The number of anilines is 2. The third-order valence-corrected chi connectivity index (χ3v) is 11.6. The van der Waals surface area contributed by atoms with E-state index in [4.69, 9.17) is 11.5 Å². The minimum Gasteiger partial charge on any atom is -0.870 e. The molecule has 0 atom stereocenters. The average Bonchev–Trinajstić information content (AvgIpc) is 3.15. The monoisotopic (exact) mass is 978 g/mol. The molecule has 0 aliphatic rings. The maximum atomic E-state index is 12.7. The van der Waals surface area contributed by atoms with Crippen molar-refractivity contribution in [3.63, 3.8) is 0 Å². The molecule has 0 aromatic heterocycles. The van der Waals surface area contributed by atoms with Gasteiger partial charge in [0.15, 0.2) is 5.75 Å². The number of carbonyl (C=O) groups is 2. The minimum atomic E-state index is -5.08. The summed E-state index contributed by atoms with van der Waals surface area (Å²) in [5, 5.41) is 57.3. The van der Waals surface area contributed by atoms with Crippen LogP contribution in [0.2, 0.25) is 0 Å². The number of carbonyl (C=O) groups excluding carboxylic acids is 1. The van der Waals surface area contributed by atoms with Gasteiger partial charge >= 0.3 is 65.1 Å². The first-order valence-corrected chi connectivity index (χ1v) is 21.9. The van der Waals surface area contributed by atoms with Crippen LogP contribution >= 0.6 is 0 Å². The van der Waals surface area contributed by atoms with Crippen LogP contribution in [0.15, 0.2) is 125 Å². The molecule has 324 valence electrons. The van der Waals surface area contributed by atoms with Crippen molar-refractivity contribution < 1.29 is 141 Å². The third-order valence-electron chi connectivity index (χ3n) is 8.21. The fourth-order valence-corrected chi connectivity index (χ4v) is 7.86. The van der Waals surface area contributed by atoms with Gasteiger partial charge in [-0.3, -0.25) is 18.2 Å². The van der Waals surface area contributed by atoms with Crippen LogP contribution in [0.5, 0.6) is 11.5 Å². The summed E-state index contributed by atoms with van der Waals surface area (Å²) in [6.07, 6.45) is 0. The number of hydrogen-bond donors (Lipinski definition) is 8. The molecule has 6 rings (SSSR count). The largest absolute Gasteiger partial charge is 1.00 e. The van der Waals surface area contributed by atoms with E-state index in [9.17, 15) is 81.9 Å². The molecular formula is C34H24N6Na2O18S4. The van der Waals surface area contributed by atoms with Crippen LogP contribution in [-0.2, 0) is 40.5 Å². The van der Waals surface area contributed by atoms with Gasteiger partial charge in [-0.1, -0.05) is 36.1 Å². The molecule has 0 heterocycles. The van der Waals surface area contributed by atoms with E-state index in [1.165, 1.54) is 42.5 Å². The number of phenols is 1. The van der Waals surface area contributed by atoms with E-state index in [1.54, 1.807) is 0 Å². The summed E-state index contributed by atoms with van der Waals surface area (Å²) < 4.78 is 130.